The Balaban J connectivity index is 2.74. The molecule has 1 saturated heterocycles. The lowest BCUT2D eigenvalue weighted by Gasteiger charge is -2.47. The Labute approximate surface area is 86.0 Å². The summed E-state index contributed by atoms with van der Waals surface area (Å²) in [5.74, 6) is 0. The minimum absolute atomic E-state index is 0.239. The Morgan fingerprint density at radius 1 is 1.36 bits per heavy atom. The third kappa shape index (κ3) is 1.81. The maximum Gasteiger partial charge on any atom is 0.219 e. The quantitative estimate of drug-likeness (QED) is 0.741. The summed E-state index contributed by atoms with van der Waals surface area (Å²) >= 11 is 0. The number of sulfonamides is 1. The monoisotopic (exact) mass is 221 g/mol. The van der Waals surface area contributed by atoms with Crippen LogP contribution in [0.25, 0.3) is 0 Å². The van der Waals surface area contributed by atoms with Crippen LogP contribution in [0.1, 0.15) is 34.1 Å². The molecule has 1 heterocycles. The number of β-amino-alcohol motifs (C(OH)–C–C–N with tert-alkyl or cyclic N) is 1. The van der Waals surface area contributed by atoms with Crippen molar-refractivity contribution in [3.63, 3.8) is 0 Å². The van der Waals surface area contributed by atoms with Crippen LogP contribution in [0.3, 0.4) is 0 Å². The van der Waals surface area contributed by atoms with E-state index in [-0.39, 0.29) is 13.1 Å². The van der Waals surface area contributed by atoms with Crippen LogP contribution in [-0.4, -0.2) is 41.3 Å². The molecule has 1 aliphatic heterocycles. The first-order valence-electron chi connectivity index (χ1n) is 4.84. The van der Waals surface area contributed by atoms with Crippen molar-refractivity contribution >= 4 is 10.0 Å². The molecule has 0 bridgehead atoms. The molecule has 0 aliphatic carbocycles. The van der Waals surface area contributed by atoms with Crippen LogP contribution in [0.2, 0.25) is 0 Å². The van der Waals surface area contributed by atoms with Gasteiger partial charge in [0, 0.05) is 13.1 Å². The molecular formula is C9H19NO3S. The van der Waals surface area contributed by atoms with Crippen LogP contribution in [-0.2, 0) is 10.0 Å². The van der Waals surface area contributed by atoms with Gasteiger partial charge >= 0.3 is 0 Å². The summed E-state index contributed by atoms with van der Waals surface area (Å²) in [6.45, 7) is 7.36. The number of rotatable bonds is 2. The van der Waals surface area contributed by atoms with Crippen molar-refractivity contribution in [1.82, 2.24) is 4.31 Å². The van der Waals surface area contributed by atoms with E-state index >= 15 is 0 Å². The highest BCUT2D eigenvalue weighted by atomic mass is 32.2. The van der Waals surface area contributed by atoms with Crippen molar-refractivity contribution in [3.05, 3.63) is 0 Å². The predicted octanol–water partition coefficient (Wildman–Crippen LogP) is 0.571. The predicted molar refractivity (Wildman–Crippen MR) is 55.5 cm³/mol. The molecule has 0 amide bonds. The molecule has 1 aliphatic rings. The van der Waals surface area contributed by atoms with Gasteiger partial charge in [-0.3, -0.25) is 0 Å². The zero-order chi connectivity index (χ0) is 11.2. The summed E-state index contributed by atoms with van der Waals surface area (Å²) < 4.78 is 24.3. The van der Waals surface area contributed by atoms with E-state index in [1.165, 1.54) is 4.31 Å². The van der Waals surface area contributed by atoms with Gasteiger partial charge in [0.25, 0.3) is 0 Å². The van der Waals surface area contributed by atoms with E-state index in [1.54, 1.807) is 20.8 Å². The van der Waals surface area contributed by atoms with E-state index in [2.05, 4.69) is 0 Å². The van der Waals surface area contributed by atoms with E-state index in [9.17, 15) is 13.5 Å². The highest BCUT2D eigenvalue weighted by Crippen LogP contribution is 2.31. The summed E-state index contributed by atoms with van der Waals surface area (Å²) in [6.07, 6.45) is 0.600. The largest absolute Gasteiger partial charge is 0.387 e. The molecular weight excluding hydrogens is 202 g/mol. The molecule has 0 aromatic carbocycles. The second-order valence-corrected chi connectivity index (χ2v) is 7.65. The van der Waals surface area contributed by atoms with Crippen LogP contribution in [0.15, 0.2) is 0 Å². The van der Waals surface area contributed by atoms with Gasteiger partial charge in [-0.2, -0.15) is 4.31 Å². The summed E-state index contributed by atoms with van der Waals surface area (Å²) in [5.41, 5.74) is -0.793. The Bertz CT molecular complexity index is 309. The van der Waals surface area contributed by atoms with Crippen molar-refractivity contribution in [2.75, 3.05) is 13.1 Å². The van der Waals surface area contributed by atoms with Gasteiger partial charge in [0.15, 0.2) is 0 Å². The Kier molecular flexibility index (Phi) is 2.71. The fourth-order valence-corrected chi connectivity index (χ4v) is 2.99. The topological polar surface area (TPSA) is 57.6 Å². The standard InChI is InChI=1S/C9H19NO3S/c1-5-9(11)6-10(7-9)14(12,13)8(2,3)4/h11H,5-7H2,1-4H3. The third-order valence-corrected chi connectivity index (χ3v) is 5.20. The zero-order valence-corrected chi connectivity index (χ0v) is 10.1. The van der Waals surface area contributed by atoms with Gasteiger partial charge < -0.3 is 5.11 Å². The Morgan fingerprint density at radius 3 is 2.07 bits per heavy atom. The zero-order valence-electron chi connectivity index (χ0n) is 9.24. The number of hydrogen-bond acceptors (Lipinski definition) is 3. The van der Waals surface area contributed by atoms with Crippen molar-refractivity contribution < 1.29 is 13.5 Å². The summed E-state index contributed by atoms with van der Waals surface area (Å²) in [5, 5.41) is 9.71. The van der Waals surface area contributed by atoms with Gasteiger partial charge in [0.05, 0.1) is 10.3 Å². The SMILES string of the molecule is CCC1(O)CN(S(=O)(=O)C(C)(C)C)C1. The molecule has 0 spiro atoms. The highest BCUT2D eigenvalue weighted by Gasteiger charge is 2.49. The molecule has 0 unspecified atom stereocenters. The minimum atomic E-state index is -3.25. The van der Waals surface area contributed by atoms with Crippen molar-refractivity contribution in [1.29, 1.82) is 0 Å². The van der Waals surface area contributed by atoms with E-state index in [1.807, 2.05) is 6.92 Å². The van der Waals surface area contributed by atoms with Gasteiger partial charge in [-0.25, -0.2) is 8.42 Å². The van der Waals surface area contributed by atoms with E-state index in [0.717, 1.165) is 0 Å². The molecule has 1 N–H and O–H groups in total. The molecule has 0 saturated carbocycles. The lowest BCUT2D eigenvalue weighted by molar-refractivity contribution is -0.0620. The average molecular weight is 221 g/mol. The highest BCUT2D eigenvalue weighted by molar-refractivity contribution is 7.90. The van der Waals surface area contributed by atoms with Crippen molar-refractivity contribution in [2.45, 2.75) is 44.5 Å². The fraction of sp³-hybridized carbons (Fsp3) is 1.00. The van der Waals surface area contributed by atoms with Crippen LogP contribution >= 0.6 is 0 Å². The first-order valence-corrected chi connectivity index (χ1v) is 6.28. The second-order valence-electron chi connectivity index (χ2n) is 4.96. The molecule has 0 aromatic rings. The van der Waals surface area contributed by atoms with Crippen LogP contribution < -0.4 is 0 Å². The first-order chi connectivity index (χ1) is 6.12. The normalized spacial score (nSPS) is 23.2. The van der Waals surface area contributed by atoms with Crippen molar-refractivity contribution in [2.24, 2.45) is 0 Å². The van der Waals surface area contributed by atoms with Crippen LogP contribution in [0, 0.1) is 0 Å². The van der Waals surface area contributed by atoms with Gasteiger partial charge in [0.1, 0.15) is 0 Å². The molecule has 0 atom stereocenters. The summed E-state index contributed by atoms with van der Waals surface area (Å²) in [4.78, 5) is 0. The second kappa shape index (κ2) is 3.18. The van der Waals surface area contributed by atoms with E-state index in [0.29, 0.717) is 6.42 Å². The first kappa shape index (κ1) is 11.9. The molecule has 14 heavy (non-hydrogen) atoms. The molecule has 1 fully saturated rings. The maximum absolute atomic E-state index is 11.9. The number of nitrogens with zero attached hydrogens (tertiary/aromatic N) is 1. The van der Waals surface area contributed by atoms with Gasteiger partial charge in [-0.15, -0.1) is 0 Å². The van der Waals surface area contributed by atoms with Crippen LogP contribution in [0.4, 0.5) is 0 Å². The maximum atomic E-state index is 11.9. The molecule has 1 rings (SSSR count). The summed E-state index contributed by atoms with van der Waals surface area (Å²) in [7, 11) is -3.25. The summed E-state index contributed by atoms with van der Waals surface area (Å²) in [6, 6.07) is 0. The number of aliphatic hydroxyl groups is 1. The molecule has 4 nitrogen and oxygen atoms in total. The van der Waals surface area contributed by atoms with Crippen LogP contribution in [0.5, 0.6) is 0 Å². The average Bonchev–Trinajstić information content (AvgIpc) is 1.96. The molecule has 0 aromatic heterocycles. The molecule has 84 valence electrons. The van der Waals surface area contributed by atoms with Gasteiger partial charge in [-0.05, 0) is 27.2 Å². The van der Waals surface area contributed by atoms with Gasteiger partial charge in [0.2, 0.25) is 10.0 Å². The smallest absolute Gasteiger partial charge is 0.219 e. The lowest BCUT2D eigenvalue weighted by Crippen LogP contribution is -2.65. The number of hydrogen-bond donors (Lipinski definition) is 1. The fourth-order valence-electron chi connectivity index (χ4n) is 1.39. The molecule has 0 radical (unpaired) electrons. The van der Waals surface area contributed by atoms with E-state index < -0.39 is 20.4 Å². The third-order valence-electron chi connectivity index (χ3n) is 2.71. The molecule has 5 heteroatoms. The lowest BCUT2D eigenvalue weighted by atomic mass is 9.94. The van der Waals surface area contributed by atoms with Crippen molar-refractivity contribution in [3.8, 4) is 0 Å². The van der Waals surface area contributed by atoms with E-state index in [4.69, 9.17) is 0 Å². The Morgan fingerprint density at radius 2 is 1.79 bits per heavy atom. The minimum Gasteiger partial charge on any atom is -0.387 e. The Hall–Kier alpha value is -0.130. The van der Waals surface area contributed by atoms with Gasteiger partial charge in [-0.1, -0.05) is 6.92 Å².